The van der Waals surface area contributed by atoms with Crippen LogP contribution in [0.15, 0.2) is 42.5 Å². The average Bonchev–Trinajstić information content (AvgIpc) is 2.39. The molecule has 0 heterocycles. The summed E-state index contributed by atoms with van der Waals surface area (Å²) in [5, 5.41) is 3.05. The van der Waals surface area contributed by atoms with Gasteiger partial charge >= 0.3 is 0 Å². The molecule has 5 heteroatoms. The van der Waals surface area contributed by atoms with Crippen molar-refractivity contribution in [1.82, 2.24) is 5.32 Å². The number of benzene rings is 2. The Balaban J connectivity index is 2.08. The summed E-state index contributed by atoms with van der Waals surface area (Å²) < 4.78 is 26.4. The summed E-state index contributed by atoms with van der Waals surface area (Å²) in [6, 6.07) is 10.4. The van der Waals surface area contributed by atoms with Crippen LogP contribution in [0.1, 0.15) is 15.9 Å². The molecule has 2 rings (SSSR count). The standard InChI is InChI=1S/C14H10ClF2NO/c15-10-4-1-3-9(7-10)8-18-14(19)11-5-2-6-12(16)13(11)17/h1-7H,8H2,(H,18,19). The summed E-state index contributed by atoms with van der Waals surface area (Å²) in [5.74, 6) is -2.86. The smallest absolute Gasteiger partial charge is 0.254 e. The maximum atomic E-state index is 13.4. The van der Waals surface area contributed by atoms with E-state index in [0.717, 1.165) is 11.6 Å². The molecule has 1 N–H and O–H groups in total. The molecule has 98 valence electrons. The third-order valence-electron chi connectivity index (χ3n) is 2.54. The van der Waals surface area contributed by atoms with E-state index in [4.69, 9.17) is 11.6 Å². The van der Waals surface area contributed by atoms with E-state index < -0.39 is 17.5 Å². The highest BCUT2D eigenvalue weighted by atomic mass is 35.5. The van der Waals surface area contributed by atoms with Gasteiger partial charge in [0.25, 0.3) is 5.91 Å². The van der Waals surface area contributed by atoms with Crippen molar-refractivity contribution in [3.63, 3.8) is 0 Å². The van der Waals surface area contributed by atoms with E-state index >= 15 is 0 Å². The zero-order valence-corrected chi connectivity index (χ0v) is 10.5. The predicted octanol–water partition coefficient (Wildman–Crippen LogP) is 3.55. The second-order valence-electron chi connectivity index (χ2n) is 3.91. The first-order chi connectivity index (χ1) is 9.08. The predicted molar refractivity (Wildman–Crippen MR) is 69.0 cm³/mol. The third-order valence-corrected chi connectivity index (χ3v) is 2.77. The molecule has 0 spiro atoms. The topological polar surface area (TPSA) is 29.1 Å². The van der Waals surface area contributed by atoms with Crippen molar-refractivity contribution in [3.8, 4) is 0 Å². The number of amides is 1. The molecule has 0 fully saturated rings. The fraction of sp³-hybridized carbons (Fsp3) is 0.0714. The Morgan fingerprint density at radius 1 is 1.16 bits per heavy atom. The van der Waals surface area contributed by atoms with Gasteiger partial charge in [0.05, 0.1) is 5.56 Å². The summed E-state index contributed by atoms with van der Waals surface area (Å²) in [6.07, 6.45) is 0. The van der Waals surface area contributed by atoms with Crippen LogP contribution in [0.3, 0.4) is 0 Å². The summed E-state index contributed by atoms with van der Waals surface area (Å²) in [4.78, 5) is 11.7. The number of nitrogens with one attached hydrogen (secondary N) is 1. The highest BCUT2D eigenvalue weighted by Crippen LogP contribution is 2.13. The average molecular weight is 282 g/mol. The first-order valence-electron chi connectivity index (χ1n) is 5.54. The van der Waals surface area contributed by atoms with Crippen molar-refractivity contribution < 1.29 is 13.6 Å². The van der Waals surface area contributed by atoms with Crippen molar-refractivity contribution in [2.45, 2.75) is 6.54 Å². The Kier molecular flexibility index (Phi) is 4.12. The SMILES string of the molecule is O=C(NCc1cccc(Cl)c1)c1cccc(F)c1F. The van der Waals surface area contributed by atoms with E-state index in [-0.39, 0.29) is 12.1 Å². The van der Waals surface area contributed by atoms with Gasteiger partial charge in [-0.2, -0.15) is 0 Å². The molecule has 1 amide bonds. The van der Waals surface area contributed by atoms with Crippen LogP contribution in [0, 0.1) is 11.6 Å². The molecule has 2 aromatic carbocycles. The van der Waals surface area contributed by atoms with Crippen molar-refractivity contribution in [1.29, 1.82) is 0 Å². The summed E-state index contributed by atoms with van der Waals surface area (Å²) in [7, 11) is 0. The summed E-state index contributed by atoms with van der Waals surface area (Å²) in [5.41, 5.74) is 0.458. The highest BCUT2D eigenvalue weighted by molar-refractivity contribution is 6.30. The Morgan fingerprint density at radius 2 is 1.89 bits per heavy atom. The summed E-state index contributed by atoms with van der Waals surface area (Å²) >= 11 is 5.80. The fourth-order valence-electron chi connectivity index (χ4n) is 1.60. The van der Waals surface area contributed by atoms with Crippen LogP contribution in [0.4, 0.5) is 8.78 Å². The van der Waals surface area contributed by atoms with Gasteiger partial charge in [-0.05, 0) is 29.8 Å². The van der Waals surface area contributed by atoms with Gasteiger partial charge < -0.3 is 5.32 Å². The second-order valence-corrected chi connectivity index (χ2v) is 4.35. The van der Waals surface area contributed by atoms with Gasteiger partial charge in [-0.1, -0.05) is 29.8 Å². The number of hydrogen-bond acceptors (Lipinski definition) is 1. The molecule has 2 aromatic rings. The number of halogens is 3. The van der Waals surface area contributed by atoms with Gasteiger partial charge in [-0.3, -0.25) is 4.79 Å². The summed E-state index contributed by atoms with van der Waals surface area (Å²) in [6.45, 7) is 0.190. The van der Waals surface area contributed by atoms with Gasteiger partial charge in [-0.25, -0.2) is 8.78 Å². The zero-order chi connectivity index (χ0) is 13.8. The van der Waals surface area contributed by atoms with E-state index in [1.54, 1.807) is 24.3 Å². The lowest BCUT2D eigenvalue weighted by Gasteiger charge is -2.07. The maximum absolute atomic E-state index is 13.4. The molecule has 19 heavy (non-hydrogen) atoms. The monoisotopic (exact) mass is 281 g/mol. The molecule has 0 aliphatic carbocycles. The van der Waals surface area contributed by atoms with Crippen molar-refractivity contribution >= 4 is 17.5 Å². The van der Waals surface area contributed by atoms with Crippen LogP contribution in [-0.4, -0.2) is 5.91 Å². The Morgan fingerprint density at radius 3 is 2.63 bits per heavy atom. The lowest BCUT2D eigenvalue weighted by Crippen LogP contribution is -2.24. The lowest BCUT2D eigenvalue weighted by molar-refractivity contribution is 0.0946. The molecule has 0 saturated heterocycles. The minimum atomic E-state index is -1.15. The van der Waals surface area contributed by atoms with Crippen LogP contribution in [0.25, 0.3) is 0 Å². The molecule has 0 aliphatic heterocycles. The van der Waals surface area contributed by atoms with Gasteiger partial charge in [0.1, 0.15) is 0 Å². The van der Waals surface area contributed by atoms with E-state index in [1.165, 1.54) is 12.1 Å². The molecule has 0 aliphatic rings. The van der Waals surface area contributed by atoms with Crippen molar-refractivity contribution in [2.24, 2.45) is 0 Å². The van der Waals surface area contributed by atoms with Gasteiger partial charge in [0, 0.05) is 11.6 Å². The molecule has 0 atom stereocenters. The van der Waals surface area contributed by atoms with Gasteiger partial charge in [-0.15, -0.1) is 0 Å². The number of carbonyl (C=O) groups is 1. The normalized spacial score (nSPS) is 10.3. The van der Waals surface area contributed by atoms with Gasteiger partial charge in [0.15, 0.2) is 11.6 Å². The highest BCUT2D eigenvalue weighted by Gasteiger charge is 2.14. The molecule has 0 aromatic heterocycles. The van der Waals surface area contributed by atoms with E-state index in [1.807, 2.05) is 0 Å². The quantitative estimate of drug-likeness (QED) is 0.916. The largest absolute Gasteiger partial charge is 0.348 e. The minimum absolute atomic E-state index is 0.190. The van der Waals surface area contributed by atoms with Crippen LogP contribution in [-0.2, 0) is 6.54 Å². The first kappa shape index (κ1) is 13.5. The minimum Gasteiger partial charge on any atom is -0.348 e. The maximum Gasteiger partial charge on any atom is 0.254 e. The van der Waals surface area contributed by atoms with Crippen LogP contribution >= 0.6 is 11.6 Å². The molecule has 0 unspecified atom stereocenters. The third kappa shape index (κ3) is 3.29. The first-order valence-corrected chi connectivity index (χ1v) is 5.92. The molecule has 2 nitrogen and oxygen atoms in total. The van der Waals surface area contributed by atoms with Gasteiger partial charge in [0.2, 0.25) is 0 Å². The van der Waals surface area contributed by atoms with Crippen molar-refractivity contribution in [3.05, 3.63) is 70.2 Å². The molecule has 0 saturated carbocycles. The Labute approximate surface area is 114 Å². The zero-order valence-electron chi connectivity index (χ0n) is 9.79. The Bertz CT molecular complexity index is 616. The number of carbonyl (C=O) groups excluding carboxylic acids is 1. The van der Waals surface area contributed by atoms with E-state index in [9.17, 15) is 13.6 Å². The number of hydrogen-bond donors (Lipinski definition) is 1. The number of rotatable bonds is 3. The molecular formula is C14H10ClF2NO. The second kappa shape index (κ2) is 5.80. The van der Waals surface area contributed by atoms with Crippen LogP contribution in [0.5, 0.6) is 0 Å². The van der Waals surface area contributed by atoms with E-state index in [0.29, 0.717) is 5.02 Å². The lowest BCUT2D eigenvalue weighted by atomic mass is 10.1. The molecule has 0 bridgehead atoms. The Hall–Kier alpha value is -1.94. The molecule has 0 radical (unpaired) electrons. The van der Waals surface area contributed by atoms with Crippen LogP contribution in [0.2, 0.25) is 5.02 Å². The van der Waals surface area contributed by atoms with E-state index in [2.05, 4.69) is 5.32 Å². The van der Waals surface area contributed by atoms with Crippen LogP contribution < -0.4 is 5.32 Å². The molecular weight excluding hydrogens is 272 g/mol. The fourth-order valence-corrected chi connectivity index (χ4v) is 1.82. The van der Waals surface area contributed by atoms with Crippen molar-refractivity contribution in [2.75, 3.05) is 0 Å².